The topological polar surface area (TPSA) is 61.2 Å². The number of carbonyl (C=O) groups excluding carboxylic acids is 2. The number of nitrogens with zero attached hydrogens (tertiary/aromatic N) is 2. The van der Waals surface area contributed by atoms with Gasteiger partial charge in [-0.1, -0.05) is 60.7 Å². The molecule has 0 bridgehead atoms. The molecule has 0 fully saturated rings. The minimum absolute atomic E-state index is 0.198. The molecule has 0 unspecified atom stereocenters. The van der Waals surface area contributed by atoms with E-state index in [1.165, 1.54) is 14.0 Å². The van der Waals surface area contributed by atoms with E-state index in [1.54, 1.807) is 12.4 Å². The summed E-state index contributed by atoms with van der Waals surface area (Å²) >= 11 is 0. The van der Waals surface area contributed by atoms with Crippen LogP contribution in [0.3, 0.4) is 0 Å². The van der Waals surface area contributed by atoms with Gasteiger partial charge in [0.15, 0.2) is 5.78 Å². The second-order valence-corrected chi connectivity index (χ2v) is 7.17. The molecule has 31 heavy (non-hydrogen) atoms. The first-order chi connectivity index (χ1) is 15.1. The number of ether oxygens (including phenoxy) is 1. The molecule has 0 amide bonds. The fourth-order valence-electron chi connectivity index (χ4n) is 3.89. The summed E-state index contributed by atoms with van der Waals surface area (Å²) in [4.78, 5) is 30.0. The number of Topliss-reactive ketones (excluding diaryl/α,β-unsaturated/α-hetero) is 1. The Kier molecular flexibility index (Phi) is 5.76. The van der Waals surface area contributed by atoms with Gasteiger partial charge in [-0.3, -0.25) is 9.78 Å². The smallest absolute Gasteiger partial charge is 0.340 e. The number of esters is 1. The van der Waals surface area contributed by atoms with Crippen molar-refractivity contribution in [3.8, 4) is 22.5 Å². The lowest BCUT2D eigenvalue weighted by Crippen LogP contribution is -2.08. The second kappa shape index (κ2) is 8.79. The number of aromatic nitrogens is 2. The van der Waals surface area contributed by atoms with Crippen LogP contribution in [-0.2, 0) is 11.3 Å². The summed E-state index contributed by atoms with van der Waals surface area (Å²) in [5, 5.41) is 0. The van der Waals surface area contributed by atoms with Crippen LogP contribution in [0.5, 0.6) is 0 Å². The zero-order chi connectivity index (χ0) is 21.8. The fraction of sp³-hybridized carbons (Fsp3) is 0.115. The minimum Gasteiger partial charge on any atom is -0.465 e. The quantitative estimate of drug-likeness (QED) is 0.322. The van der Waals surface area contributed by atoms with Crippen molar-refractivity contribution in [2.75, 3.05) is 7.11 Å². The first kappa shape index (κ1) is 20.3. The van der Waals surface area contributed by atoms with Gasteiger partial charge in [-0.2, -0.15) is 0 Å². The van der Waals surface area contributed by atoms with Gasteiger partial charge < -0.3 is 9.30 Å². The molecule has 0 aliphatic heterocycles. The highest BCUT2D eigenvalue weighted by atomic mass is 16.5. The molecular formula is C26H22N2O3. The molecule has 2 aromatic carbocycles. The van der Waals surface area contributed by atoms with E-state index in [1.807, 2.05) is 77.4 Å². The van der Waals surface area contributed by atoms with E-state index >= 15 is 0 Å². The molecule has 2 heterocycles. The molecule has 154 valence electrons. The van der Waals surface area contributed by atoms with Crippen molar-refractivity contribution in [2.24, 2.45) is 0 Å². The molecule has 0 aliphatic carbocycles. The average Bonchev–Trinajstić information content (AvgIpc) is 3.15. The van der Waals surface area contributed by atoms with E-state index in [4.69, 9.17) is 4.74 Å². The zero-order valence-electron chi connectivity index (χ0n) is 17.4. The number of carbonyl (C=O) groups is 2. The van der Waals surface area contributed by atoms with Crippen LogP contribution in [0.25, 0.3) is 22.5 Å². The number of hydrogen-bond acceptors (Lipinski definition) is 4. The molecule has 0 radical (unpaired) electrons. The van der Waals surface area contributed by atoms with Crippen molar-refractivity contribution < 1.29 is 14.3 Å². The van der Waals surface area contributed by atoms with Crippen molar-refractivity contribution in [3.05, 3.63) is 102 Å². The van der Waals surface area contributed by atoms with Crippen molar-refractivity contribution in [1.29, 1.82) is 0 Å². The summed E-state index contributed by atoms with van der Waals surface area (Å²) in [6.07, 6.45) is 3.36. The molecule has 4 rings (SSSR count). The Bertz CT molecular complexity index is 1210. The van der Waals surface area contributed by atoms with Gasteiger partial charge in [-0.15, -0.1) is 0 Å². The highest BCUT2D eigenvalue weighted by Crippen LogP contribution is 2.38. The Balaban J connectivity index is 2.13. The van der Waals surface area contributed by atoms with Crippen molar-refractivity contribution in [2.45, 2.75) is 13.5 Å². The zero-order valence-corrected chi connectivity index (χ0v) is 17.4. The van der Waals surface area contributed by atoms with Crippen molar-refractivity contribution in [1.82, 2.24) is 9.55 Å². The Morgan fingerprint density at radius 3 is 1.94 bits per heavy atom. The lowest BCUT2D eigenvalue weighted by Gasteiger charge is -2.15. The molecule has 5 nitrogen and oxygen atoms in total. The first-order valence-corrected chi connectivity index (χ1v) is 9.97. The second-order valence-electron chi connectivity index (χ2n) is 7.17. The van der Waals surface area contributed by atoms with Gasteiger partial charge in [0.2, 0.25) is 0 Å². The Morgan fingerprint density at radius 2 is 1.35 bits per heavy atom. The summed E-state index contributed by atoms with van der Waals surface area (Å²) in [7, 11) is 1.33. The SMILES string of the molecule is COC(=O)c1c(C(C)=O)c(-c2ccncc2)n(Cc2ccccc2)c1-c1ccccc1. The molecule has 0 aliphatic rings. The number of rotatable bonds is 6. The number of methoxy groups -OCH3 is 1. The minimum atomic E-state index is -0.536. The van der Waals surface area contributed by atoms with Gasteiger partial charge in [0, 0.05) is 24.5 Å². The molecule has 0 spiro atoms. The molecule has 2 aromatic heterocycles. The summed E-state index contributed by atoms with van der Waals surface area (Å²) in [6, 6.07) is 23.3. The van der Waals surface area contributed by atoms with Crippen molar-refractivity contribution in [3.63, 3.8) is 0 Å². The summed E-state index contributed by atoms with van der Waals surface area (Å²) < 4.78 is 7.16. The maximum atomic E-state index is 13.0. The third-order valence-corrected chi connectivity index (χ3v) is 5.19. The van der Waals surface area contributed by atoms with Crippen LogP contribution in [0.4, 0.5) is 0 Å². The van der Waals surface area contributed by atoms with Crippen molar-refractivity contribution >= 4 is 11.8 Å². The van der Waals surface area contributed by atoms with Crippen LogP contribution in [0.1, 0.15) is 33.2 Å². The van der Waals surface area contributed by atoms with E-state index < -0.39 is 5.97 Å². The summed E-state index contributed by atoms with van der Waals surface area (Å²) in [5.41, 5.74) is 4.67. The Hall–Kier alpha value is -3.99. The molecular weight excluding hydrogens is 388 g/mol. The first-order valence-electron chi connectivity index (χ1n) is 9.97. The van der Waals surface area contributed by atoms with E-state index in [0.717, 1.165) is 16.7 Å². The third-order valence-electron chi connectivity index (χ3n) is 5.19. The fourth-order valence-corrected chi connectivity index (χ4v) is 3.89. The summed E-state index contributed by atoms with van der Waals surface area (Å²) in [5.74, 6) is -0.734. The van der Waals surface area contributed by atoms with Crippen LogP contribution >= 0.6 is 0 Å². The van der Waals surface area contributed by atoms with E-state index in [0.29, 0.717) is 23.5 Å². The van der Waals surface area contributed by atoms with Gasteiger partial charge in [0.1, 0.15) is 0 Å². The Morgan fingerprint density at radius 1 is 0.806 bits per heavy atom. The molecule has 4 aromatic rings. The lowest BCUT2D eigenvalue weighted by molar-refractivity contribution is 0.0598. The lowest BCUT2D eigenvalue weighted by atomic mass is 9.99. The Labute approximate surface area is 181 Å². The van der Waals surface area contributed by atoms with Gasteiger partial charge >= 0.3 is 5.97 Å². The molecule has 0 saturated heterocycles. The van der Waals surface area contributed by atoms with E-state index in [9.17, 15) is 9.59 Å². The number of pyridine rings is 1. The molecule has 0 N–H and O–H groups in total. The van der Waals surface area contributed by atoms with Crippen LogP contribution in [0.15, 0.2) is 85.2 Å². The highest BCUT2D eigenvalue weighted by Gasteiger charge is 2.31. The van der Waals surface area contributed by atoms with Gasteiger partial charge in [-0.25, -0.2) is 4.79 Å². The van der Waals surface area contributed by atoms with Crippen LogP contribution in [-0.4, -0.2) is 28.4 Å². The van der Waals surface area contributed by atoms with Crippen LogP contribution < -0.4 is 0 Å². The van der Waals surface area contributed by atoms with Gasteiger partial charge in [-0.05, 0) is 30.2 Å². The largest absolute Gasteiger partial charge is 0.465 e. The maximum absolute atomic E-state index is 13.0. The predicted octanol–water partition coefficient (Wildman–Crippen LogP) is 5.25. The van der Waals surface area contributed by atoms with E-state index in [2.05, 4.69) is 4.98 Å². The number of ketones is 1. The molecule has 0 atom stereocenters. The third kappa shape index (κ3) is 3.90. The van der Waals surface area contributed by atoms with Crippen LogP contribution in [0.2, 0.25) is 0 Å². The highest BCUT2D eigenvalue weighted by molar-refractivity contribution is 6.13. The maximum Gasteiger partial charge on any atom is 0.340 e. The number of benzene rings is 2. The summed E-state index contributed by atoms with van der Waals surface area (Å²) in [6.45, 7) is 1.97. The number of hydrogen-bond donors (Lipinski definition) is 0. The monoisotopic (exact) mass is 410 g/mol. The molecule has 0 saturated carbocycles. The normalized spacial score (nSPS) is 10.6. The van der Waals surface area contributed by atoms with Gasteiger partial charge in [0.25, 0.3) is 0 Å². The standard InChI is InChI=1S/C26H22N2O3/c1-18(29)22-23(26(30)31-2)25(20-11-7-4-8-12-20)28(17-19-9-5-3-6-10-19)24(22)21-13-15-27-16-14-21/h3-16H,17H2,1-2H3. The average molecular weight is 410 g/mol. The van der Waals surface area contributed by atoms with Gasteiger partial charge in [0.05, 0.1) is 29.6 Å². The predicted molar refractivity (Wildman–Crippen MR) is 120 cm³/mol. The van der Waals surface area contributed by atoms with E-state index in [-0.39, 0.29) is 11.3 Å². The van der Waals surface area contributed by atoms with Crippen LogP contribution in [0, 0.1) is 0 Å². The molecule has 5 heteroatoms.